The van der Waals surface area contributed by atoms with E-state index in [0.29, 0.717) is 41.0 Å². The van der Waals surface area contributed by atoms with Crippen molar-refractivity contribution in [3.63, 3.8) is 0 Å². The second-order valence-electron chi connectivity index (χ2n) is 6.49. The molecule has 0 unspecified atom stereocenters. The molecule has 2 aromatic rings. The Labute approximate surface area is 188 Å². The molecular formula is C22H20N2O7S. The highest BCUT2D eigenvalue weighted by molar-refractivity contribution is 8.18. The molecule has 0 saturated carbocycles. The van der Waals surface area contributed by atoms with E-state index in [9.17, 15) is 19.2 Å². The molecule has 0 aromatic heterocycles. The topological polar surface area (TPSA) is 125 Å². The van der Waals surface area contributed by atoms with Crippen molar-refractivity contribution in [3.8, 4) is 17.2 Å². The molecule has 1 aliphatic rings. The van der Waals surface area contributed by atoms with Crippen molar-refractivity contribution in [2.45, 2.75) is 6.92 Å². The fraction of sp³-hybridized carbons (Fsp3) is 0.182. The SMILES string of the molecule is CCOc1cc(/C=C2\SC(=O)N(CC(N)=O)C2=O)ccc1OC(=O)c1ccc(OC)cc1. The van der Waals surface area contributed by atoms with E-state index in [2.05, 4.69) is 0 Å². The van der Waals surface area contributed by atoms with E-state index in [1.165, 1.54) is 19.3 Å². The van der Waals surface area contributed by atoms with Crippen LogP contribution in [0.1, 0.15) is 22.8 Å². The second-order valence-corrected chi connectivity index (χ2v) is 7.48. The maximum Gasteiger partial charge on any atom is 0.343 e. The van der Waals surface area contributed by atoms with Crippen LogP contribution in [-0.4, -0.2) is 48.2 Å². The lowest BCUT2D eigenvalue weighted by Gasteiger charge is -2.12. The van der Waals surface area contributed by atoms with Crippen LogP contribution in [0.4, 0.5) is 4.79 Å². The Morgan fingerprint density at radius 1 is 1.09 bits per heavy atom. The van der Waals surface area contributed by atoms with Crippen LogP contribution in [0.2, 0.25) is 0 Å². The van der Waals surface area contributed by atoms with E-state index in [0.717, 1.165) is 4.90 Å². The maximum atomic E-state index is 12.5. The van der Waals surface area contributed by atoms with Gasteiger partial charge in [-0.05, 0) is 66.7 Å². The molecule has 0 radical (unpaired) electrons. The minimum atomic E-state index is -0.782. The van der Waals surface area contributed by atoms with E-state index in [1.807, 2.05) is 0 Å². The molecular weight excluding hydrogens is 436 g/mol. The fourth-order valence-electron chi connectivity index (χ4n) is 2.80. The summed E-state index contributed by atoms with van der Waals surface area (Å²) < 4.78 is 16.1. The largest absolute Gasteiger partial charge is 0.497 e. The van der Waals surface area contributed by atoms with Gasteiger partial charge in [0.15, 0.2) is 11.5 Å². The Bertz CT molecular complexity index is 1100. The Hall–Kier alpha value is -3.79. The number of imide groups is 1. The molecule has 3 rings (SSSR count). The molecule has 32 heavy (non-hydrogen) atoms. The summed E-state index contributed by atoms with van der Waals surface area (Å²) in [6.45, 7) is 1.61. The first-order valence-corrected chi connectivity index (χ1v) is 10.3. The number of methoxy groups -OCH3 is 1. The van der Waals surface area contributed by atoms with Gasteiger partial charge < -0.3 is 19.9 Å². The summed E-state index contributed by atoms with van der Waals surface area (Å²) in [5.74, 6) is -0.858. The average Bonchev–Trinajstić information content (AvgIpc) is 3.02. The number of ether oxygens (including phenoxy) is 3. The number of carbonyl (C=O) groups excluding carboxylic acids is 4. The number of hydrogen-bond donors (Lipinski definition) is 1. The number of carbonyl (C=O) groups is 4. The van der Waals surface area contributed by atoms with Crippen LogP contribution >= 0.6 is 11.8 Å². The number of thioether (sulfide) groups is 1. The lowest BCUT2D eigenvalue weighted by atomic mass is 10.1. The monoisotopic (exact) mass is 456 g/mol. The summed E-state index contributed by atoms with van der Waals surface area (Å²) in [6.07, 6.45) is 1.49. The lowest BCUT2D eigenvalue weighted by molar-refractivity contribution is -0.127. The lowest BCUT2D eigenvalue weighted by Crippen LogP contribution is -2.36. The Balaban J connectivity index is 1.82. The number of benzene rings is 2. The van der Waals surface area contributed by atoms with E-state index in [4.69, 9.17) is 19.9 Å². The fourth-order valence-corrected chi connectivity index (χ4v) is 3.63. The number of primary amides is 1. The van der Waals surface area contributed by atoms with Crippen LogP contribution in [0.25, 0.3) is 6.08 Å². The highest BCUT2D eigenvalue weighted by atomic mass is 32.2. The smallest absolute Gasteiger partial charge is 0.343 e. The van der Waals surface area contributed by atoms with Gasteiger partial charge in [0.05, 0.1) is 24.2 Å². The van der Waals surface area contributed by atoms with Crippen LogP contribution in [0.15, 0.2) is 47.4 Å². The number of nitrogens with two attached hydrogens (primary N) is 1. The molecule has 0 atom stereocenters. The average molecular weight is 456 g/mol. The first-order valence-electron chi connectivity index (χ1n) is 9.49. The van der Waals surface area contributed by atoms with Gasteiger partial charge in [-0.1, -0.05) is 6.07 Å². The predicted octanol–water partition coefficient (Wildman–Crippen LogP) is 2.83. The molecule has 0 bridgehead atoms. The number of amides is 3. The zero-order valence-corrected chi connectivity index (χ0v) is 18.1. The van der Waals surface area contributed by atoms with Crippen LogP contribution in [0.5, 0.6) is 17.2 Å². The van der Waals surface area contributed by atoms with Gasteiger partial charge in [-0.25, -0.2) is 4.79 Å². The Kier molecular flexibility index (Phi) is 7.16. The highest BCUT2D eigenvalue weighted by Gasteiger charge is 2.35. The van der Waals surface area contributed by atoms with Crippen molar-refractivity contribution < 1.29 is 33.4 Å². The zero-order chi connectivity index (χ0) is 23.3. The predicted molar refractivity (Wildman–Crippen MR) is 117 cm³/mol. The molecule has 1 aliphatic heterocycles. The van der Waals surface area contributed by atoms with Gasteiger partial charge in [-0.3, -0.25) is 19.3 Å². The third kappa shape index (κ3) is 5.27. The summed E-state index contributed by atoms with van der Waals surface area (Å²) in [5.41, 5.74) is 5.96. The van der Waals surface area contributed by atoms with Gasteiger partial charge in [-0.2, -0.15) is 0 Å². The molecule has 166 valence electrons. The minimum Gasteiger partial charge on any atom is -0.497 e. The number of rotatable bonds is 8. The van der Waals surface area contributed by atoms with Crippen molar-refractivity contribution in [1.82, 2.24) is 4.90 Å². The maximum absolute atomic E-state index is 12.5. The van der Waals surface area contributed by atoms with Crippen LogP contribution in [0.3, 0.4) is 0 Å². The first-order chi connectivity index (χ1) is 15.3. The summed E-state index contributed by atoms with van der Waals surface area (Å²) in [4.78, 5) is 48.8. The summed E-state index contributed by atoms with van der Waals surface area (Å²) in [6, 6.07) is 11.2. The number of hydrogen-bond acceptors (Lipinski definition) is 8. The molecule has 1 fully saturated rings. The third-order valence-corrected chi connectivity index (χ3v) is 5.19. The van der Waals surface area contributed by atoms with Gasteiger partial charge in [0.1, 0.15) is 12.3 Å². The van der Waals surface area contributed by atoms with Crippen molar-refractivity contribution in [2.24, 2.45) is 5.73 Å². The van der Waals surface area contributed by atoms with Crippen LogP contribution < -0.4 is 19.9 Å². The normalized spacial score (nSPS) is 14.6. The van der Waals surface area contributed by atoms with Gasteiger partial charge >= 0.3 is 5.97 Å². The first kappa shape index (κ1) is 22.9. The van der Waals surface area contributed by atoms with Gasteiger partial charge in [0.25, 0.3) is 11.1 Å². The Morgan fingerprint density at radius 2 is 1.81 bits per heavy atom. The quantitative estimate of drug-likeness (QED) is 0.365. The van der Waals surface area contributed by atoms with E-state index in [1.54, 1.807) is 43.3 Å². The van der Waals surface area contributed by atoms with E-state index < -0.39 is 29.6 Å². The van der Waals surface area contributed by atoms with Crippen LogP contribution in [-0.2, 0) is 9.59 Å². The highest BCUT2D eigenvalue weighted by Crippen LogP contribution is 2.34. The molecule has 2 N–H and O–H groups in total. The summed E-state index contributed by atoms with van der Waals surface area (Å²) >= 11 is 0.707. The molecule has 0 spiro atoms. The third-order valence-electron chi connectivity index (χ3n) is 4.28. The van der Waals surface area contributed by atoms with Gasteiger partial charge in [0.2, 0.25) is 5.91 Å². The Morgan fingerprint density at radius 3 is 2.44 bits per heavy atom. The number of nitrogens with zero attached hydrogens (tertiary/aromatic N) is 1. The van der Waals surface area contributed by atoms with E-state index in [-0.39, 0.29) is 10.7 Å². The number of esters is 1. The molecule has 3 amide bonds. The molecule has 9 nitrogen and oxygen atoms in total. The molecule has 1 heterocycles. The molecule has 0 aliphatic carbocycles. The van der Waals surface area contributed by atoms with Crippen molar-refractivity contribution in [3.05, 3.63) is 58.5 Å². The van der Waals surface area contributed by atoms with Crippen molar-refractivity contribution in [1.29, 1.82) is 0 Å². The van der Waals surface area contributed by atoms with E-state index >= 15 is 0 Å². The van der Waals surface area contributed by atoms with Gasteiger partial charge in [0, 0.05) is 0 Å². The van der Waals surface area contributed by atoms with Crippen molar-refractivity contribution >= 4 is 40.9 Å². The standard InChI is InChI=1S/C22H20N2O7S/c1-3-30-17-10-13(11-18-20(26)24(12-19(23)25)22(28)32-18)4-9-16(17)31-21(27)14-5-7-15(29-2)8-6-14/h4-11H,3,12H2,1-2H3,(H2,23,25)/b18-11-. The summed E-state index contributed by atoms with van der Waals surface area (Å²) in [5, 5.41) is -0.574. The van der Waals surface area contributed by atoms with Crippen molar-refractivity contribution in [2.75, 3.05) is 20.3 Å². The van der Waals surface area contributed by atoms with Crippen LogP contribution in [0, 0.1) is 0 Å². The molecule has 2 aromatic carbocycles. The molecule has 1 saturated heterocycles. The van der Waals surface area contributed by atoms with Gasteiger partial charge in [-0.15, -0.1) is 0 Å². The molecule has 10 heteroatoms. The summed E-state index contributed by atoms with van der Waals surface area (Å²) in [7, 11) is 1.53. The second kappa shape index (κ2) is 10.0. The minimum absolute atomic E-state index is 0.140. The zero-order valence-electron chi connectivity index (χ0n) is 17.3.